The number of carbonyl (C=O) groups is 1. The minimum absolute atomic E-state index is 0.353. The fourth-order valence-electron chi connectivity index (χ4n) is 1.84. The Morgan fingerprint density at radius 3 is 2.22 bits per heavy atom. The molecule has 0 aliphatic heterocycles. The Labute approximate surface area is 151 Å². The molecular formula is C15H8Cl3N3OS. The van der Waals surface area contributed by atoms with Gasteiger partial charge in [-0.05, 0) is 30.3 Å². The fourth-order valence-corrected chi connectivity index (χ4v) is 3.23. The SMILES string of the molecule is O=C(Nc1nnc(-c2ccc(Cl)cc2)s1)c1cc(Cl)cc(Cl)c1. The van der Waals surface area contributed by atoms with Crippen molar-refractivity contribution in [1.82, 2.24) is 10.2 Å². The Kier molecular flexibility index (Phi) is 4.82. The molecule has 2 aromatic carbocycles. The van der Waals surface area contributed by atoms with E-state index in [9.17, 15) is 4.79 Å². The van der Waals surface area contributed by atoms with Crippen LogP contribution in [-0.4, -0.2) is 16.1 Å². The molecule has 1 amide bonds. The summed E-state index contributed by atoms with van der Waals surface area (Å²) in [5, 5.41) is 13.2. The highest BCUT2D eigenvalue weighted by Gasteiger charge is 2.12. The second-order valence-corrected chi connectivity index (χ2v) is 6.82. The van der Waals surface area contributed by atoms with E-state index in [1.54, 1.807) is 18.2 Å². The standard InChI is InChI=1S/C15H8Cl3N3OS/c16-10-3-1-8(2-4-10)14-20-21-15(23-14)19-13(22)9-5-11(17)7-12(18)6-9/h1-7H,(H,19,21,22). The van der Waals surface area contributed by atoms with Crippen LogP contribution in [0.15, 0.2) is 42.5 Å². The molecular weight excluding hydrogens is 377 g/mol. The first kappa shape index (κ1) is 16.2. The number of halogens is 3. The lowest BCUT2D eigenvalue weighted by atomic mass is 10.2. The van der Waals surface area contributed by atoms with Crippen molar-refractivity contribution in [3.05, 3.63) is 63.1 Å². The van der Waals surface area contributed by atoms with E-state index in [1.807, 2.05) is 12.1 Å². The minimum Gasteiger partial charge on any atom is -0.296 e. The van der Waals surface area contributed by atoms with Gasteiger partial charge in [0.25, 0.3) is 5.91 Å². The minimum atomic E-state index is -0.354. The number of anilines is 1. The maximum atomic E-state index is 12.2. The number of benzene rings is 2. The van der Waals surface area contributed by atoms with Crippen LogP contribution in [0.4, 0.5) is 5.13 Å². The maximum absolute atomic E-state index is 12.2. The van der Waals surface area contributed by atoms with Gasteiger partial charge in [0.2, 0.25) is 5.13 Å². The summed E-state index contributed by atoms with van der Waals surface area (Å²) >= 11 is 18.9. The topological polar surface area (TPSA) is 54.9 Å². The van der Waals surface area contributed by atoms with Crippen molar-refractivity contribution in [3.8, 4) is 10.6 Å². The molecule has 23 heavy (non-hydrogen) atoms. The van der Waals surface area contributed by atoms with Gasteiger partial charge >= 0.3 is 0 Å². The van der Waals surface area contributed by atoms with E-state index in [1.165, 1.54) is 23.5 Å². The highest BCUT2D eigenvalue weighted by atomic mass is 35.5. The molecule has 0 fully saturated rings. The van der Waals surface area contributed by atoms with Crippen LogP contribution in [0.25, 0.3) is 10.6 Å². The summed E-state index contributed by atoms with van der Waals surface area (Å²) in [6.07, 6.45) is 0. The maximum Gasteiger partial charge on any atom is 0.257 e. The van der Waals surface area contributed by atoms with Crippen LogP contribution in [0, 0.1) is 0 Å². The van der Waals surface area contributed by atoms with Crippen molar-refractivity contribution in [2.75, 3.05) is 5.32 Å². The van der Waals surface area contributed by atoms with Crippen molar-refractivity contribution < 1.29 is 4.79 Å². The van der Waals surface area contributed by atoms with Gasteiger partial charge in [-0.25, -0.2) is 0 Å². The molecule has 0 atom stereocenters. The molecule has 0 aliphatic rings. The molecule has 0 radical (unpaired) electrons. The first-order valence-electron chi connectivity index (χ1n) is 6.38. The highest BCUT2D eigenvalue weighted by Crippen LogP contribution is 2.28. The smallest absolute Gasteiger partial charge is 0.257 e. The van der Waals surface area contributed by atoms with Crippen molar-refractivity contribution >= 4 is 57.2 Å². The lowest BCUT2D eigenvalue weighted by Gasteiger charge is -2.02. The Morgan fingerprint density at radius 2 is 1.57 bits per heavy atom. The van der Waals surface area contributed by atoms with Crippen molar-refractivity contribution in [2.45, 2.75) is 0 Å². The summed E-state index contributed by atoms with van der Waals surface area (Å²) in [7, 11) is 0. The lowest BCUT2D eigenvalue weighted by molar-refractivity contribution is 0.102. The lowest BCUT2D eigenvalue weighted by Crippen LogP contribution is -2.11. The third-order valence-corrected chi connectivity index (χ3v) is 4.44. The number of carbonyl (C=O) groups excluding carboxylic acids is 1. The number of hydrogen-bond acceptors (Lipinski definition) is 4. The fraction of sp³-hybridized carbons (Fsp3) is 0. The molecule has 3 rings (SSSR count). The van der Waals surface area contributed by atoms with Crippen LogP contribution >= 0.6 is 46.1 Å². The molecule has 0 saturated carbocycles. The molecule has 3 aromatic rings. The summed E-state index contributed by atoms with van der Waals surface area (Å²) < 4.78 is 0. The second-order valence-electron chi connectivity index (χ2n) is 4.53. The number of hydrogen-bond donors (Lipinski definition) is 1. The monoisotopic (exact) mass is 383 g/mol. The zero-order valence-corrected chi connectivity index (χ0v) is 14.5. The molecule has 0 saturated heterocycles. The molecule has 8 heteroatoms. The molecule has 0 bridgehead atoms. The van der Waals surface area contributed by atoms with Crippen LogP contribution in [0.1, 0.15) is 10.4 Å². The number of nitrogens with zero attached hydrogens (tertiary/aromatic N) is 2. The molecule has 1 heterocycles. The predicted octanol–water partition coefficient (Wildman–Crippen LogP) is 5.42. The van der Waals surface area contributed by atoms with Gasteiger partial charge < -0.3 is 0 Å². The van der Waals surface area contributed by atoms with E-state index in [0.29, 0.717) is 30.8 Å². The molecule has 4 nitrogen and oxygen atoms in total. The highest BCUT2D eigenvalue weighted by molar-refractivity contribution is 7.18. The zero-order chi connectivity index (χ0) is 16.4. The van der Waals surface area contributed by atoms with E-state index in [0.717, 1.165) is 5.56 Å². The van der Waals surface area contributed by atoms with Crippen LogP contribution < -0.4 is 5.32 Å². The number of nitrogens with one attached hydrogen (secondary N) is 1. The van der Waals surface area contributed by atoms with Crippen LogP contribution in [0.2, 0.25) is 15.1 Å². The molecule has 0 aliphatic carbocycles. The Hall–Kier alpha value is -1.66. The predicted molar refractivity (Wildman–Crippen MR) is 94.8 cm³/mol. The summed E-state index contributed by atoms with van der Waals surface area (Å²) in [5.74, 6) is -0.354. The van der Waals surface area contributed by atoms with Gasteiger partial charge in [0.1, 0.15) is 5.01 Å². The van der Waals surface area contributed by atoms with Gasteiger partial charge in [0.05, 0.1) is 0 Å². The van der Waals surface area contributed by atoms with Gasteiger partial charge in [-0.15, -0.1) is 10.2 Å². The zero-order valence-electron chi connectivity index (χ0n) is 11.4. The van der Waals surface area contributed by atoms with E-state index in [4.69, 9.17) is 34.8 Å². The van der Waals surface area contributed by atoms with Crippen molar-refractivity contribution in [1.29, 1.82) is 0 Å². The van der Waals surface area contributed by atoms with Gasteiger partial charge in [0, 0.05) is 26.2 Å². The number of amides is 1. The van der Waals surface area contributed by atoms with Gasteiger partial charge in [-0.1, -0.05) is 58.3 Å². The summed E-state index contributed by atoms with van der Waals surface area (Å²) in [5.41, 5.74) is 1.23. The van der Waals surface area contributed by atoms with Crippen molar-refractivity contribution in [2.24, 2.45) is 0 Å². The first-order chi connectivity index (χ1) is 11.0. The van der Waals surface area contributed by atoms with Gasteiger partial charge in [0.15, 0.2) is 0 Å². The van der Waals surface area contributed by atoms with E-state index in [2.05, 4.69) is 15.5 Å². The van der Waals surface area contributed by atoms with Gasteiger partial charge in [-0.2, -0.15) is 0 Å². The number of aromatic nitrogens is 2. The van der Waals surface area contributed by atoms with Crippen LogP contribution in [0.3, 0.4) is 0 Å². The molecule has 0 spiro atoms. The average Bonchev–Trinajstić information content (AvgIpc) is 2.95. The Balaban J connectivity index is 1.78. The Bertz CT molecular complexity index is 844. The average molecular weight is 385 g/mol. The van der Waals surface area contributed by atoms with Gasteiger partial charge in [-0.3, -0.25) is 10.1 Å². The molecule has 0 unspecified atom stereocenters. The summed E-state index contributed by atoms with van der Waals surface area (Å²) in [6, 6.07) is 11.8. The van der Waals surface area contributed by atoms with E-state index >= 15 is 0 Å². The molecule has 1 N–H and O–H groups in total. The quantitative estimate of drug-likeness (QED) is 0.656. The second kappa shape index (κ2) is 6.84. The van der Waals surface area contributed by atoms with Crippen molar-refractivity contribution in [3.63, 3.8) is 0 Å². The summed E-state index contributed by atoms with van der Waals surface area (Å²) in [4.78, 5) is 12.2. The van der Waals surface area contributed by atoms with E-state index < -0.39 is 0 Å². The third kappa shape index (κ3) is 4.00. The normalized spacial score (nSPS) is 10.6. The summed E-state index contributed by atoms with van der Waals surface area (Å²) in [6.45, 7) is 0. The van der Waals surface area contributed by atoms with E-state index in [-0.39, 0.29) is 5.91 Å². The van der Waals surface area contributed by atoms with Crippen LogP contribution in [0.5, 0.6) is 0 Å². The number of rotatable bonds is 3. The largest absolute Gasteiger partial charge is 0.296 e. The molecule has 116 valence electrons. The molecule has 1 aromatic heterocycles. The Morgan fingerprint density at radius 1 is 0.913 bits per heavy atom. The first-order valence-corrected chi connectivity index (χ1v) is 8.33. The third-order valence-electron chi connectivity index (χ3n) is 2.86. The van der Waals surface area contributed by atoms with Crippen LogP contribution in [-0.2, 0) is 0 Å².